The summed E-state index contributed by atoms with van der Waals surface area (Å²) in [5.74, 6) is 1.30. The predicted molar refractivity (Wildman–Crippen MR) is 79.4 cm³/mol. The van der Waals surface area contributed by atoms with Crippen LogP contribution in [0.15, 0.2) is 41.0 Å². The van der Waals surface area contributed by atoms with Gasteiger partial charge in [0.15, 0.2) is 0 Å². The fourth-order valence-electron chi connectivity index (χ4n) is 2.47. The van der Waals surface area contributed by atoms with E-state index in [0.29, 0.717) is 18.1 Å². The third-order valence-electron chi connectivity index (χ3n) is 3.63. The lowest BCUT2D eigenvalue weighted by atomic mass is 9.95. The molecule has 0 unspecified atom stereocenters. The number of halogens is 1. The van der Waals surface area contributed by atoms with Crippen LogP contribution in [0, 0.1) is 5.92 Å². The highest BCUT2D eigenvalue weighted by atomic mass is 35.5. The summed E-state index contributed by atoms with van der Waals surface area (Å²) in [4.78, 5) is 12.3. The van der Waals surface area contributed by atoms with Crippen molar-refractivity contribution in [3.63, 3.8) is 0 Å². The standard InChI is InChI=1S/C16H16ClNO3/c1-10(14-3-2-6-20-14)18-16(19)12-7-11-8-13(17)4-5-15(11)21-9-12/h2-6,8,10,12H,7,9H2,1H3,(H,18,19)/t10-,12+/m1/s1. The van der Waals surface area contributed by atoms with Crippen LogP contribution in [0.4, 0.5) is 0 Å². The fourth-order valence-corrected chi connectivity index (χ4v) is 2.67. The van der Waals surface area contributed by atoms with Gasteiger partial charge in [0.1, 0.15) is 18.1 Å². The van der Waals surface area contributed by atoms with Crippen LogP contribution in [0.5, 0.6) is 5.75 Å². The highest BCUT2D eigenvalue weighted by molar-refractivity contribution is 6.30. The topological polar surface area (TPSA) is 51.5 Å². The van der Waals surface area contributed by atoms with Crippen LogP contribution in [0.1, 0.15) is 24.3 Å². The summed E-state index contributed by atoms with van der Waals surface area (Å²) in [6.07, 6.45) is 2.23. The molecule has 0 fully saturated rings. The van der Waals surface area contributed by atoms with Gasteiger partial charge in [-0.15, -0.1) is 0 Å². The number of benzene rings is 1. The quantitative estimate of drug-likeness (QED) is 0.946. The molecular weight excluding hydrogens is 290 g/mol. The predicted octanol–water partition coefficient (Wildman–Crippen LogP) is 3.36. The van der Waals surface area contributed by atoms with E-state index in [4.69, 9.17) is 20.8 Å². The average molecular weight is 306 g/mol. The Labute approximate surface area is 128 Å². The van der Waals surface area contributed by atoms with Crippen LogP contribution < -0.4 is 10.1 Å². The Bertz CT molecular complexity index is 639. The van der Waals surface area contributed by atoms with Gasteiger partial charge in [-0.25, -0.2) is 0 Å². The molecule has 1 aliphatic rings. The van der Waals surface area contributed by atoms with Gasteiger partial charge in [0, 0.05) is 5.02 Å². The van der Waals surface area contributed by atoms with Gasteiger partial charge in [-0.1, -0.05) is 11.6 Å². The molecule has 1 amide bonds. The second-order valence-electron chi connectivity index (χ2n) is 5.21. The zero-order valence-electron chi connectivity index (χ0n) is 11.6. The number of amides is 1. The molecule has 0 bridgehead atoms. The molecule has 1 N–H and O–H groups in total. The van der Waals surface area contributed by atoms with Gasteiger partial charge >= 0.3 is 0 Å². The Kier molecular flexibility index (Phi) is 3.88. The first-order valence-corrected chi connectivity index (χ1v) is 7.26. The van der Waals surface area contributed by atoms with Gasteiger partial charge < -0.3 is 14.5 Å². The molecule has 2 aromatic rings. The molecule has 0 radical (unpaired) electrons. The third kappa shape index (κ3) is 3.05. The highest BCUT2D eigenvalue weighted by Gasteiger charge is 2.27. The van der Waals surface area contributed by atoms with E-state index in [1.807, 2.05) is 25.1 Å². The molecule has 1 aliphatic heterocycles. The van der Waals surface area contributed by atoms with E-state index in [-0.39, 0.29) is 17.9 Å². The molecule has 0 aliphatic carbocycles. The van der Waals surface area contributed by atoms with E-state index in [9.17, 15) is 4.79 Å². The summed E-state index contributed by atoms with van der Waals surface area (Å²) in [5.41, 5.74) is 0.972. The molecule has 0 saturated carbocycles. The zero-order chi connectivity index (χ0) is 14.8. The minimum Gasteiger partial charge on any atom is -0.492 e. The van der Waals surface area contributed by atoms with Gasteiger partial charge in [-0.2, -0.15) is 0 Å². The Morgan fingerprint density at radius 1 is 1.43 bits per heavy atom. The summed E-state index contributed by atoms with van der Waals surface area (Å²) < 4.78 is 10.9. The van der Waals surface area contributed by atoms with Crippen molar-refractivity contribution < 1.29 is 13.9 Å². The first kappa shape index (κ1) is 14.0. The molecule has 1 aromatic heterocycles. The lowest BCUT2D eigenvalue weighted by Gasteiger charge is -2.25. The van der Waals surface area contributed by atoms with Crippen molar-refractivity contribution >= 4 is 17.5 Å². The molecule has 2 atom stereocenters. The van der Waals surface area contributed by atoms with Crippen LogP contribution in [0.3, 0.4) is 0 Å². The minimum absolute atomic E-state index is 0.0375. The first-order chi connectivity index (χ1) is 10.1. The zero-order valence-corrected chi connectivity index (χ0v) is 12.4. The molecule has 21 heavy (non-hydrogen) atoms. The number of carbonyl (C=O) groups excluding carboxylic acids is 1. The second-order valence-corrected chi connectivity index (χ2v) is 5.65. The normalized spacial score (nSPS) is 18.5. The van der Waals surface area contributed by atoms with Crippen molar-refractivity contribution in [3.8, 4) is 5.75 Å². The van der Waals surface area contributed by atoms with Crippen molar-refractivity contribution in [2.75, 3.05) is 6.61 Å². The van der Waals surface area contributed by atoms with Gasteiger partial charge in [-0.05, 0) is 49.2 Å². The summed E-state index contributed by atoms with van der Waals surface area (Å²) in [5, 5.41) is 3.61. The fraction of sp³-hybridized carbons (Fsp3) is 0.312. The van der Waals surface area contributed by atoms with Crippen LogP contribution in [-0.2, 0) is 11.2 Å². The Morgan fingerprint density at radius 2 is 2.29 bits per heavy atom. The number of rotatable bonds is 3. The smallest absolute Gasteiger partial charge is 0.227 e. The molecular formula is C16H16ClNO3. The summed E-state index contributed by atoms with van der Waals surface area (Å²) in [6.45, 7) is 2.27. The SMILES string of the molecule is C[C@@H](NC(=O)[C@@H]1COc2ccc(Cl)cc2C1)c1ccco1. The van der Waals surface area contributed by atoms with E-state index in [0.717, 1.165) is 17.1 Å². The van der Waals surface area contributed by atoms with Gasteiger partial charge in [0.25, 0.3) is 0 Å². The maximum Gasteiger partial charge on any atom is 0.227 e. The Morgan fingerprint density at radius 3 is 3.05 bits per heavy atom. The number of ether oxygens (including phenoxy) is 1. The van der Waals surface area contributed by atoms with Crippen molar-refractivity contribution in [2.45, 2.75) is 19.4 Å². The highest BCUT2D eigenvalue weighted by Crippen LogP contribution is 2.30. The van der Waals surface area contributed by atoms with E-state index >= 15 is 0 Å². The second kappa shape index (κ2) is 5.82. The first-order valence-electron chi connectivity index (χ1n) is 6.88. The monoisotopic (exact) mass is 305 g/mol. The van der Waals surface area contributed by atoms with E-state index in [1.54, 1.807) is 18.4 Å². The summed E-state index contributed by atoms with van der Waals surface area (Å²) in [7, 11) is 0. The lowest BCUT2D eigenvalue weighted by Crippen LogP contribution is -2.38. The lowest BCUT2D eigenvalue weighted by molar-refractivity contribution is -0.127. The van der Waals surface area contributed by atoms with E-state index in [1.165, 1.54) is 0 Å². The molecule has 3 rings (SSSR count). The number of furan rings is 1. The maximum absolute atomic E-state index is 12.3. The number of nitrogens with one attached hydrogen (secondary N) is 1. The van der Waals surface area contributed by atoms with Crippen molar-refractivity contribution in [1.82, 2.24) is 5.32 Å². The van der Waals surface area contributed by atoms with Crippen molar-refractivity contribution in [3.05, 3.63) is 52.9 Å². The average Bonchev–Trinajstić information content (AvgIpc) is 3.00. The van der Waals surface area contributed by atoms with Gasteiger partial charge in [0.05, 0.1) is 18.2 Å². The molecule has 4 nitrogen and oxygen atoms in total. The van der Waals surface area contributed by atoms with Gasteiger partial charge in [0.2, 0.25) is 5.91 Å². The Balaban J connectivity index is 1.67. The van der Waals surface area contributed by atoms with Crippen LogP contribution >= 0.6 is 11.6 Å². The third-order valence-corrected chi connectivity index (χ3v) is 3.86. The van der Waals surface area contributed by atoms with Crippen LogP contribution in [0.2, 0.25) is 5.02 Å². The van der Waals surface area contributed by atoms with Gasteiger partial charge in [-0.3, -0.25) is 4.79 Å². The molecule has 2 heterocycles. The van der Waals surface area contributed by atoms with Crippen LogP contribution in [-0.4, -0.2) is 12.5 Å². The van der Waals surface area contributed by atoms with Crippen molar-refractivity contribution in [2.24, 2.45) is 5.92 Å². The molecule has 5 heteroatoms. The maximum atomic E-state index is 12.3. The minimum atomic E-state index is -0.214. The molecule has 110 valence electrons. The van der Waals surface area contributed by atoms with E-state index in [2.05, 4.69) is 5.32 Å². The molecule has 0 saturated heterocycles. The van der Waals surface area contributed by atoms with Crippen molar-refractivity contribution in [1.29, 1.82) is 0 Å². The summed E-state index contributed by atoms with van der Waals surface area (Å²) >= 11 is 5.99. The number of hydrogen-bond donors (Lipinski definition) is 1. The van der Waals surface area contributed by atoms with E-state index < -0.39 is 0 Å². The molecule has 1 aromatic carbocycles. The number of carbonyl (C=O) groups is 1. The number of fused-ring (bicyclic) bond motifs is 1. The molecule has 0 spiro atoms. The summed E-state index contributed by atoms with van der Waals surface area (Å²) in [6, 6.07) is 8.98. The Hall–Kier alpha value is -1.94. The number of hydrogen-bond acceptors (Lipinski definition) is 3. The largest absolute Gasteiger partial charge is 0.492 e. The van der Waals surface area contributed by atoms with Crippen LogP contribution in [0.25, 0.3) is 0 Å².